The van der Waals surface area contributed by atoms with E-state index in [1.807, 2.05) is 6.92 Å². The maximum Gasteiger partial charge on any atom is 1.00 e. The molecule has 9 nitrogen and oxygen atoms in total. The number of aromatic amines is 1. The van der Waals surface area contributed by atoms with Crippen molar-refractivity contribution in [2.45, 2.75) is 38.5 Å². The Bertz CT molecular complexity index is 1170. The van der Waals surface area contributed by atoms with Crippen LogP contribution in [0, 0.1) is 6.92 Å². The van der Waals surface area contributed by atoms with Crippen molar-refractivity contribution in [3.8, 4) is 17.1 Å². The van der Waals surface area contributed by atoms with Crippen LogP contribution in [-0.4, -0.2) is 39.2 Å². The Morgan fingerprint density at radius 2 is 2.00 bits per heavy atom. The minimum Gasteiger partial charge on any atom is -0.744 e. The number of ether oxygens (including phenoxy) is 1. The van der Waals surface area contributed by atoms with E-state index < -0.39 is 20.6 Å². The molecule has 0 fully saturated rings. The fraction of sp³-hybridized carbons (Fsp3) is 0.353. The number of rotatable bonds is 6. The van der Waals surface area contributed by atoms with Gasteiger partial charge in [0.15, 0.2) is 11.3 Å². The molecular weight excluding hydrogens is 395 g/mol. The molecule has 2 heterocycles. The molecule has 11 heteroatoms. The average Bonchev–Trinajstić information content (AvgIpc) is 2.91. The van der Waals surface area contributed by atoms with E-state index in [1.54, 1.807) is 13.8 Å². The first-order valence-corrected chi connectivity index (χ1v) is 9.88. The fourth-order valence-corrected chi connectivity index (χ4v) is 3.37. The molecule has 2 aromatic heterocycles. The van der Waals surface area contributed by atoms with Gasteiger partial charge in [-0.25, -0.2) is 17.9 Å². The number of aromatic nitrogens is 4. The van der Waals surface area contributed by atoms with E-state index in [0.29, 0.717) is 35.8 Å². The minimum absolute atomic E-state index is 0. The summed E-state index contributed by atoms with van der Waals surface area (Å²) in [5, 5.41) is 4.43. The number of benzene rings is 1. The normalized spacial score (nSPS) is 11.4. The summed E-state index contributed by atoms with van der Waals surface area (Å²) in [5.74, 6) is 1.03. The SMILES string of the molecule is CCCc1nc(C)c2c(=O)[nH]c(-c3cc(S(=O)(=O)[O-])ccc3OCC)nn12.[Na+]. The number of fused-ring (bicyclic) bond motifs is 1. The Morgan fingerprint density at radius 1 is 1.29 bits per heavy atom. The third kappa shape index (κ3) is 4.31. The van der Waals surface area contributed by atoms with Crippen molar-refractivity contribution in [2.24, 2.45) is 0 Å². The van der Waals surface area contributed by atoms with Crippen molar-refractivity contribution < 1.29 is 47.3 Å². The summed E-state index contributed by atoms with van der Waals surface area (Å²) >= 11 is 0. The molecule has 0 bridgehead atoms. The van der Waals surface area contributed by atoms with E-state index in [-0.39, 0.29) is 40.9 Å². The van der Waals surface area contributed by atoms with Gasteiger partial charge in [0.2, 0.25) is 0 Å². The molecule has 0 spiro atoms. The topological polar surface area (TPSA) is 129 Å². The number of aryl methyl sites for hydroxylation is 2. The van der Waals surface area contributed by atoms with Gasteiger partial charge in [-0.2, -0.15) is 0 Å². The summed E-state index contributed by atoms with van der Waals surface area (Å²) in [6.07, 6.45) is 1.44. The first kappa shape index (κ1) is 22.6. The van der Waals surface area contributed by atoms with Crippen molar-refractivity contribution in [1.29, 1.82) is 0 Å². The van der Waals surface area contributed by atoms with Crippen molar-refractivity contribution in [2.75, 3.05) is 6.61 Å². The molecule has 1 aromatic carbocycles. The molecule has 3 rings (SSSR count). The van der Waals surface area contributed by atoms with E-state index in [9.17, 15) is 17.8 Å². The van der Waals surface area contributed by atoms with Gasteiger partial charge in [0, 0.05) is 6.42 Å². The Morgan fingerprint density at radius 3 is 2.61 bits per heavy atom. The van der Waals surface area contributed by atoms with E-state index in [0.717, 1.165) is 18.6 Å². The molecule has 0 amide bonds. The van der Waals surface area contributed by atoms with Gasteiger partial charge in [0.05, 0.1) is 22.8 Å². The smallest absolute Gasteiger partial charge is 0.744 e. The standard InChI is InChI=1S/C17H20N4O5S.Na/c1-4-6-14-18-10(3)15-17(22)19-16(20-21(14)15)12-9-11(27(23,24)25)7-8-13(12)26-5-2;/h7-9H,4-6H2,1-3H3,(H,19,20,22)(H,23,24,25);/q;+1/p-1. The second-order valence-electron chi connectivity index (χ2n) is 5.97. The van der Waals surface area contributed by atoms with Gasteiger partial charge in [-0.15, -0.1) is 5.10 Å². The summed E-state index contributed by atoms with van der Waals surface area (Å²) in [6, 6.07) is 3.69. The van der Waals surface area contributed by atoms with Crippen LogP contribution in [0.4, 0.5) is 0 Å². The second kappa shape index (κ2) is 8.75. The van der Waals surface area contributed by atoms with Crippen molar-refractivity contribution in [1.82, 2.24) is 19.6 Å². The van der Waals surface area contributed by atoms with Crippen LogP contribution in [0.1, 0.15) is 31.8 Å². The number of H-pyrrole nitrogens is 1. The molecule has 3 aromatic rings. The maximum absolute atomic E-state index is 12.6. The quantitative estimate of drug-likeness (QED) is 0.390. The van der Waals surface area contributed by atoms with Gasteiger partial charge >= 0.3 is 29.6 Å². The van der Waals surface area contributed by atoms with Gasteiger partial charge in [-0.05, 0) is 38.5 Å². The van der Waals surface area contributed by atoms with Crippen LogP contribution in [0.5, 0.6) is 5.75 Å². The maximum atomic E-state index is 12.6. The first-order chi connectivity index (χ1) is 12.8. The summed E-state index contributed by atoms with van der Waals surface area (Å²) in [4.78, 5) is 19.2. The van der Waals surface area contributed by atoms with Crippen molar-refractivity contribution >= 4 is 15.6 Å². The van der Waals surface area contributed by atoms with Crippen molar-refractivity contribution in [3.05, 3.63) is 40.1 Å². The molecule has 1 N–H and O–H groups in total. The third-order valence-corrected chi connectivity index (χ3v) is 4.84. The number of nitrogens with one attached hydrogen (secondary N) is 1. The predicted octanol–water partition coefficient (Wildman–Crippen LogP) is -1.35. The van der Waals surface area contributed by atoms with Crippen LogP contribution in [0.3, 0.4) is 0 Å². The molecule has 0 atom stereocenters. The molecule has 0 radical (unpaired) electrons. The fourth-order valence-electron chi connectivity index (χ4n) is 2.87. The van der Waals surface area contributed by atoms with Crippen LogP contribution in [0.15, 0.2) is 27.9 Å². The molecule has 0 saturated carbocycles. The molecule has 0 saturated heterocycles. The summed E-state index contributed by atoms with van der Waals surface area (Å²) in [5.41, 5.74) is 0.680. The molecule has 144 valence electrons. The van der Waals surface area contributed by atoms with E-state index in [1.165, 1.54) is 10.6 Å². The van der Waals surface area contributed by atoms with Gasteiger partial charge in [-0.3, -0.25) is 4.79 Å². The van der Waals surface area contributed by atoms with Crippen LogP contribution in [0.2, 0.25) is 0 Å². The van der Waals surface area contributed by atoms with Gasteiger partial charge < -0.3 is 14.3 Å². The summed E-state index contributed by atoms with van der Waals surface area (Å²) in [6.45, 7) is 5.79. The van der Waals surface area contributed by atoms with Crippen LogP contribution >= 0.6 is 0 Å². The molecule has 0 unspecified atom stereocenters. The zero-order chi connectivity index (χ0) is 19.8. The Kier molecular flexibility index (Phi) is 7.05. The molecular formula is C17H19N4NaO5S. The first-order valence-electron chi connectivity index (χ1n) is 8.47. The van der Waals surface area contributed by atoms with Crippen molar-refractivity contribution in [3.63, 3.8) is 0 Å². The molecule has 0 aliphatic heterocycles. The summed E-state index contributed by atoms with van der Waals surface area (Å²) < 4.78 is 41.2. The summed E-state index contributed by atoms with van der Waals surface area (Å²) in [7, 11) is -4.67. The van der Waals surface area contributed by atoms with E-state index >= 15 is 0 Å². The number of hydrogen-bond acceptors (Lipinski definition) is 7. The van der Waals surface area contributed by atoms with Crippen LogP contribution < -0.4 is 39.9 Å². The largest absolute Gasteiger partial charge is 1.00 e. The van der Waals surface area contributed by atoms with Gasteiger partial charge in [0.25, 0.3) is 5.56 Å². The monoisotopic (exact) mass is 414 g/mol. The Hall–Kier alpha value is -1.72. The van der Waals surface area contributed by atoms with Gasteiger partial charge in [0.1, 0.15) is 21.7 Å². The van der Waals surface area contributed by atoms with Gasteiger partial charge in [-0.1, -0.05) is 6.92 Å². The zero-order valence-electron chi connectivity index (χ0n) is 16.1. The predicted molar refractivity (Wildman–Crippen MR) is 96.9 cm³/mol. The Balaban J connectivity index is 0.00000280. The second-order valence-corrected chi connectivity index (χ2v) is 7.35. The number of hydrogen-bond donors (Lipinski definition) is 1. The average molecular weight is 414 g/mol. The Labute approximate surface area is 184 Å². The zero-order valence-corrected chi connectivity index (χ0v) is 19.0. The van der Waals surface area contributed by atoms with Crippen LogP contribution in [-0.2, 0) is 16.5 Å². The number of nitrogens with zero attached hydrogens (tertiary/aromatic N) is 3. The number of imidazole rings is 1. The molecule has 0 aliphatic rings. The third-order valence-electron chi connectivity index (χ3n) is 4.01. The molecule has 0 aliphatic carbocycles. The van der Waals surface area contributed by atoms with E-state index in [4.69, 9.17) is 4.74 Å². The minimum atomic E-state index is -4.67. The molecule has 28 heavy (non-hydrogen) atoms. The van der Waals surface area contributed by atoms with E-state index in [2.05, 4.69) is 15.1 Å². The van der Waals surface area contributed by atoms with Crippen LogP contribution in [0.25, 0.3) is 16.9 Å².